The van der Waals surface area contributed by atoms with Gasteiger partial charge >= 0.3 is 0 Å². The predicted molar refractivity (Wildman–Crippen MR) is 132 cm³/mol. The Morgan fingerprint density at radius 1 is 0.969 bits per heavy atom. The minimum atomic E-state index is -0.380. The summed E-state index contributed by atoms with van der Waals surface area (Å²) in [4.78, 5) is 9.81. The summed E-state index contributed by atoms with van der Waals surface area (Å²) in [5.74, 6) is 0.874. The van der Waals surface area contributed by atoms with Gasteiger partial charge in [0.05, 0.1) is 12.8 Å². The summed E-state index contributed by atoms with van der Waals surface area (Å²) in [6, 6.07) is 16.5. The van der Waals surface area contributed by atoms with Crippen molar-refractivity contribution in [3.8, 4) is 16.9 Å². The first kappa shape index (κ1) is 22.2. The van der Waals surface area contributed by atoms with Crippen LogP contribution in [0.4, 0.5) is 5.69 Å². The number of hydrogen-bond acceptors (Lipinski definition) is 7. The summed E-state index contributed by atoms with van der Waals surface area (Å²) in [7, 11) is 1.68. The Labute approximate surface area is 193 Å². The molecule has 7 heteroatoms. The van der Waals surface area contributed by atoms with Gasteiger partial charge in [0.2, 0.25) is 0 Å². The van der Waals surface area contributed by atoms with Gasteiger partial charge in [0.15, 0.2) is 4.83 Å². The molecule has 0 spiro atoms. The maximum absolute atomic E-state index is 6.88. The van der Waals surface area contributed by atoms with Crippen molar-refractivity contribution in [3.05, 3.63) is 66.6 Å². The second-order valence-electron chi connectivity index (χ2n) is 7.96. The van der Waals surface area contributed by atoms with Gasteiger partial charge < -0.3 is 15.8 Å². The number of nitrogens with two attached hydrogens (primary N) is 1. The largest absolute Gasteiger partial charge is 0.497 e. The summed E-state index contributed by atoms with van der Waals surface area (Å²) in [5.41, 5.74) is 11.7. The number of rotatable bonds is 9. The van der Waals surface area contributed by atoms with E-state index in [0.717, 1.165) is 51.4 Å². The Hall–Kier alpha value is -3.03. The average molecular weight is 448 g/mol. The maximum Gasteiger partial charge on any atom is 0.162 e. The number of anilines is 1. The normalized spacial score (nSPS) is 12.6. The average Bonchev–Trinajstić information content (AvgIpc) is 3.28. The summed E-state index contributed by atoms with van der Waals surface area (Å²) >= 11 is 1.39. The first-order valence-electron chi connectivity index (χ1n) is 10.9. The Morgan fingerprint density at radius 3 is 2.22 bits per heavy atom. The number of hydrogen-bond donors (Lipinski definition) is 2. The lowest BCUT2D eigenvalue weighted by Gasteiger charge is -2.35. The van der Waals surface area contributed by atoms with Crippen molar-refractivity contribution < 1.29 is 4.74 Å². The van der Waals surface area contributed by atoms with Crippen LogP contribution in [0.1, 0.15) is 38.3 Å². The van der Waals surface area contributed by atoms with Crippen LogP contribution < -0.4 is 15.8 Å². The van der Waals surface area contributed by atoms with Gasteiger partial charge in [-0.05, 0) is 59.8 Å². The van der Waals surface area contributed by atoms with Crippen molar-refractivity contribution in [2.45, 2.75) is 38.1 Å². The van der Waals surface area contributed by atoms with E-state index in [-0.39, 0.29) is 11.5 Å². The van der Waals surface area contributed by atoms with Gasteiger partial charge in [-0.15, -0.1) is 0 Å². The van der Waals surface area contributed by atoms with Gasteiger partial charge in [0.1, 0.15) is 11.3 Å². The molecule has 4 rings (SSSR count). The highest BCUT2D eigenvalue weighted by atomic mass is 32.1. The standard InChI is InChI=1S/C25H29N5OS/c1-4-25(26,5-2)21(22-23-24(32-30-22)28-15-14-27-23)16-29-19-10-6-17(7-11-19)18-8-12-20(31-3)13-9-18/h6-15,21,29H,4-5,16,26H2,1-3H3. The van der Waals surface area contributed by atoms with E-state index in [2.05, 4.69) is 65.5 Å². The SMILES string of the molecule is CCC(N)(CC)C(CNc1ccc(-c2ccc(OC)cc2)cc1)c1nsc2nccnc12. The summed E-state index contributed by atoms with van der Waals surface area (Å²) < 4.78 is 9.97. The monoisotopic (exact) mass is 447 g/mol. The summed E-state index contributed by atoms with van der Waals surface area (Å²) in [5, 5.41) is 3.59. The third-order valence-corrected chi connectivity index (χ3v) is 7.06. The molecular formula is C25H29N5OS. The molecule has 2 heterocycles. The Bertz CT molecular complexity index is 1150. The van der Waals surface area contributed by atoms with Gasteiger partial charge in [0.25, 0.3) is 0 Å². The van der Waals surface area contributed by atoms with Gasteiger partial charge in [-0.2, -0.15) is 4.37 Å². The number of nitrogens with one attached hydrogen (secondary N) is 1. The Morgan fingerprint density at radius 2 is 1.59 bits per heavy atom. The molecule has 0 aliphatic heterocycles. The molecule has 0 radical (unpaired) electrons. The minimum absolute atomic E-state index is 0.0178. The Kier molecular flexibility index (Phi) is 6.67. The number of benzene rings is 2. The fraction of sp³-hybridized carbons (Fsp3) is 0.320. The van der Waals surface area contributed by atoms with E-state index >= 15 is 0 Å². The molecule has 32 heavy (non-hydrogen) atoms. The van der Waals surface area contributed by atoms with Crippen LogP contribution in [0.25, 0.3) is 21.5 Å². The van der Waals surface area contributed by atoms with Crippen molar-refractivity contribution in [2.24, 2.45) is 5.73 Å². The molecule has 0 amide bonds. The first-order chi connectivity index (χ1) is 15.6. The molecule has 0 aliphatic rings. The van der Waals surface area contributed by atoms with Crippen molar-refractivity contribution >= 4 is 27.6 Å². The fourth-order valence-electron chi connectivity index (χ4n) is 4.03. The van der Waals surface area contributed by atoms with Gasteiger partial charge in [-0.3, -0.25) is 4.98 Å². The summed E-state index contributed by atoms with van der Waals surface area (Å²) in [6.07, 6.45) is 5.13. The molecule has 1 unspecified atom stereocenters. The molecule has 6 nitrogen and oxygen atoms in total. The van der Waals surface area contributed by atoms with Crippen LogP contribution in [0, 0.1) is 0 Å². The molecular weight excluding hydrogens is 418 g/mol. The lowest BCUT2D eigenvalue weighted by molar-refractivity contribution is 0.326. The first-order valence-corrected chi connectivity index (χ1v) is 11.7. The molecule has 4 aromatic rings. The van der Waals surface area contributed by atoms with Crippen LogP contribution >= 0.6 is 11.5 Å². The number of fused-ring (bicyclic) bond motifs is 1. The molecule has 3 N–H and O–H groups in total. The van der Waals surface area contributed by atoms with Crippen LogP contribution in [0.2, 0.25) is 0 Å². The molecule has 0 saturated heterocycles. The molecule has 1 atom stereocenters. The van der Waals surface area contributed by atoms with Gasteiger partial charge in [-0.1, -0.05) is 38.1 Å². The van der Waals surface area contributed by atoms with E-state index in [1.807, 2.05) is 12.1 Å². The molecule has 0 saturated carbocycles. The van der Waals surface area contributed by atoms with E-state index in [4.69, 9.17) is 14.8 Å². The topological polar surface area (TPSA) is 86.0 Å². The van der Waals surface area contributed by atoms with Gasteiger partial charge in [-0.25, -0.2) is 4.98 Å². The number of nitrogens with zero attached hydrogens (tertiary/aromatic N) is 3. The molecule has 166 valence electrons. The third kappa shape index (κ3) is 4.45. The van der Waals surface area contributed by atoms with E-state index in [1.165, 1.54) is 11.5 Å². The molecule has 2 aromatic heterocycles. The van der Waals surface area contributed by atoms with Gasteiger partial charge in [0, 0.05) is 36.1 Å². The highest BCUT2D eigenvalue weighted by Gasteiger charge is 2.36. The van der Waals surface area contributed by atoms with E-state index in [0.29, 0.717) is 6.54 Å². The van der Waals surface area contributed by atoms with Crippen LogP contribution in [0.3, 0.4) is 0 Å². The highest BCUT2D eigenvalue weighted by molar-refractivity contribution is 7.12. The fourth-order valence-corrected chi connectivity index (χ4v) is 4.78. The van der Waals surface area contributed by atoms with Crippen molar-refractivity contribution in [3.63, 3.8) is 0 Å². The van der Waals surface area contributed by atoms with Crippen molar-refractivity contribution in [1.82, 2.24) is 14.3 Å². The predicted octanol–water partition coefficient (Wildman–Crippen LogP) is 5.48. The molecule has 0 fully saturated rings. The lowest BCUT2D eigenvalue weighted by Crippen LogP contribution is -2.47. The summed E-state index contributed by atoms with van der Waals surface area (Å²) in [6.45, 7) is 4.95. The zero-order chi connectivity index (χ0) is 22.6. The second-order valence-corrected chi connectivity index (χ2v) is 8.71. The number of methoxy groups -OCH3 is 1. The van der Waals surface area contributed by atoms with Crippen molar-refractivity contribution in [1.29, 1.82) is 0 Å². The van der Waals surface area contributed by atoms with Crippen LogP contribution in [-0.4, -0.2) is 33.5 Å². The van der Waals surface area contributed by atoms with Crippen LogP contribution in [-0.2, 0) is 0 Å². The zero-order valence-corrected chi connectivity index (χ0v) is 19.5. The van der Waals surface area contributed by atoms with E-state index in [1.54, 1.807) is 19.5 Å². The Balaban J connectivity index is 1.55. The van der Waals surface area contributed by atoms with E-state index < -0.39 is 0 Å². The lowest BCUT2D eigenvalue weighted by atomic mass is 9.78. The third-order valence-electron chi connectivity index (χ3n) is 6.30. The molecule has 0 bridgehead atoms. The second kappa shape index (κ2) is 9.63. The molecule has 0 aliphatic carbocycles. The minimum Gasteiger partial charge on any atom is -0.497 e. The van der Waals surface area contributed by atoms with E-state index in [9.17, 15) is 0 Å². The number of ether oxygens (including phenoxy) is 1. The van der Waals surface area contributed by atoms with Crippen molar-refractivity contribution in [2.75, 3.05) is 19.0 Å². The molecule has 2 aromatic carbocycles. The highest BCUT2D eigenvalue weighted by Crippen LogP contribution is 2.36. The van der Waals surface area contributed by atoms with Crippen LogP contribution in [0.5, 0.6) is 5.75 Å². The maximum atomic E-state index is 6.88. The van der Waals surface area contributed by atoms with Crippen LogP contribution in [0.15, 0.2) is 60.9 Å². The quantitative estimate of drug-likeness (QED) is 0.354. The smallest absolute Gasteiger partial charge is 0.162 e. The zero-order valence-electron chi connectivity index (χ0n) is 18.7. The number of aromatic nitrogens is 3.